The molecule has 9 heteroatoms. The molecule has 4 N–H and O–H groups in total. The maximum Gasteiger partial charge on any atom is 0.328 e. The molecule has 0 aromatic heterocycles. The number of rotatable bonds is 6. The summed E-state index contributed by atoms with van der Waals surface area (Å²) in [5.41, 5.74) is 2.04. The van der Waals surface area contributed by atoms with E-state index >= 15 is 0 Å². The maximum atomic E-state index is 12.9. The molecule has 1 aliphatic heterocycles. The van der Waals surface area contributed by atoms with Crippen LogP contribution in [0.5, 0.6) is 5.75 Å². The number of hydrogen-bond donors (Lipinski definition) is 4. The summed E-state index contributed by atoms with van der Waals surface area (Å²) in [6.45, 7) is 9.11. The molecule has 0 saturated carbocycles. The van der Waals surface area contributed by atoms with Crippen LogP contribution in [0.1, 0.15) is 65.9 Å². The monoisotopic (exact) mass is 596 g/mol. The molecule has 1 aromatic carbocycles. The van der Waals surface area contributed by atoms with Gasteiger partial charge in [-0.25, -0.2) is 4.79 Å². The number of aliphatic hydroxyl groups excluding tert-OH is 1. The van der Waals surface area contributed by atoms with Crippen molar-refractivity contribution in [2.45, 2.75) is 91.1 Å². The number of aryl methyl sites for hydroxylation is 1. The number of methoxy groups -OCH3 is 1. The third-order valence-electron chi connectivity index (χ3n) is 7.16. The molecule has 9 nitrogen and oxygen atoms in total. The quantitative estimate of drug-likeness (QED) is 0.264. The summed E-state index contributed by atoms with van der Waals surface area (Å²) in [6.07, 6.45) is 12.7. The van der Waals surface area contributed by atoms with Gasteiger partial charge < -0.3 is 30.3 Å². The maximum absolute atomic E-state index is 12.9. The number of aromatic hydroxyl groups is 1. The molecule has 1 aromatic rings. The van der Waals surface area contributed by atoms with Gasteiger partial charge in [0.1, 0.15) is 17.9 Å². The molecular weight excluding hydrogens is 548 g/mol. The zero-order valence-electron chi connectivity index (χ0n) is 26.2. The molecule has 2 amide bonds. The number of phenols is 1. The molecule has 2 rings (SSSR count). The second kappa shape index (κ2) is 18.1. The fourth-order valence-electron chi connectivity index (χ4n) is 4.68. The highest BCUT2D eigenvalue weighted by molar-refractivity contribution is 5.91. The number of ether oxygens (including phenoxy) is 2. The SMILES string of the molecule is COC1\C=C/C=C/C=C/CC(OC(=O)[C@@H](C)NC(=O)CC(C)C)C(C)C(O)/C(C)=C/CCc2cc(O)cc(c2)NC(=O)C1. The number of benzene rings is 1. The van der Waals surface area contributed by atoms with Gasteiger partial charge in [0.15, 0.2) is 0 Å². The largest absolute Gasteiger partial charge is 0.508 e. The molecule has 1 aliphatic rings. The molecule has 1 heterocycles. The van der Waals surface area contributed by atoms with E-state index in [9.17, 15) is 24.6 Å². The molecule has 0 fully saturated rings. The van der Waals surface area contributed by atoms with Gasteiger partial charge in [0.2, 0.25) is 11.8 Å². The lowest BCUT2D eigenvalue weighted by molar-refractivity contribution is -0.156. The van der Waals surface area contributed by atoms with E-state index in [1.54, 1.807) is 37.3 Å². The molecule has 0 radical (unpaired) electrons. The Hall–Kier alpha value is -3.69. The lowest BCUT2D eigenvalue weighted by Gasteiger charge is -2.29. The van der Waals surface area contributed by atoms with Crippen molar-refractivity contribution in [2.24, 2.45) is 11.8 Å². The highest BCUT2D eigenvalue weighted by Gasteiger charge is 2.29. The Morgan fingerprint density at radius 2 is 1.84 bits per heavy atom. The first-order valence-corrected chi connectivity index (χ1v) is 14.9. The van der Waals surface area contributed by atoms with Crippen LogP contribution in [0.4, 0.5) is 5.69 Å². The van der Waals surface area contributed by atoms with Crippen molar-refractivity contribution in [3.05, 3.63) is 71.9 Å². The summed E-state index contributed by atoms with van der Waals surface area (Å²) < 4.78 is 11.3. The van der Waals surface area contributed by atoms with Crippen molar-refractivity contribution in [1.29, 1.82) is 0 Å². The minimum atomic E-state index is -0.880. The molecule has 0 spiro atoms. The predicted octanol–water partition coefficient (Wildman–Crippen LogP) is 5.15. The Kier molecular flexibility index (Phi) is 14.9. The fourth-order valence-corrected chi connectivity index (χ4v) is 4.68. The van der Waals surface area contributed by atoms with Crippen LogP contribution in [-0.4, -0.2) is 59.5 Å². The average molecular weight is 597 g/mol. The predicted molar refractivity (Wildman–Crippen MR) is 168 cm³/mol. The van der Waals surface area contributed by atoms with E-state index in [1.165, 1.54) is 13.2 Å². The summed E-state index contributed by atoms with van der Waals surface area (Å²) in [5, 5.41) is 26.9. The summed E-state index contributed by atoms with van der Waals surface area (Å²) in [6, 6.07) is 4.12. The van der Waals surface area contributed by atoms with E-state index < -0.39 is 36.2 Å². The van der Waals surface area contributed by atoms with Crippen LogP contribution in [0.3, 0.4) is 0 Å². The number of aliphatic hydroxyl groups is 1. The third-order valence-corrected chi connectivity index (χ3v) is 7.16. The van der Waals surface area contributed by atoms with Gasteiger partial charge in [-0.05, 0) is 55.9 Å². The van der Waals surface area contributed by atoms with Crippen LogP contribution in [0.25, 0.3) is 0 Å². The van der Waals surface area contributed by atoms with Crippen LogP contribution >= 0.6 is 0 Å². The van der Waals surface area contributed by atoms with Gasteiger partial charge >= 0.3 is 5.97 Å². The Labute approximate surface area is 255 Å². The van der Waals surface area contributed by atoms with Gasteiger partial charge in [-0.3, -0.25) is 9.59 Å². The lowest BCUT2D eigenvalue weighted by atomic mass is 9.90. The van der Waals surface area contributed by atoms with Gasteiger partial charge in [0, 0.05) is 37.6 Å². The molecule has 43 heavy (non-hydrogen) atoms. The van der Waals surface area contributed by atoms with Crippen molar-refractivity contribution < 1.29 is 34.1 Å². The molecule has 2 bridgehead atoms. The van der Waals surface area contributed by atoms with Crippen molar-refractivity contribution in [3.63, 3.8) is 0 Å². The summed E-state index contributed by atoms with van der Waals surface area (Å²) in [4.78, 5) is 37.7. The normalized spacial score (nSPS) is 26.5. The molecular formula is C34H48N2O7. The number of nitrogens with one attached hydrogen (secondary N) is 2. The first-order valence-electron chi connectivity index (χ1n) is 14.9. The van der Waals surface area contributed by atoms with Crippen LogP contribution in [0, 0.1) is 11.8 Å². The topological polar surface area (TPSA) is 134 Å². The van der Waals surface area contributed by atoms with E-state index in [4.69, 9.17) is 9.47 Å². The Morgan fingerprint density at radius 3 is 2.53 bits per heavy atom. The number of allylic oxidation sites excluding steroid dienone is 5. The summed E-state index contributed by atoms with van der Waals surface area (Å²) in [7, 11) is 1.53. The van der Waals surface area contributed by atoms with Crippen molar-refractivity contribution >= 4 is 23.5 Å². The number of fused-ring (bicyclic) bond motifs is 2. The van der Waals surface area contributed by atoms with Crippen LogP contribution in [-0.2, 0) is 30.3 Å². The Balaban J connectivity index is 2.30. The van der Waals surface area contributed by atoms with Gasteiger partial charge in [-0.15, -0.1) is 0 Å². The van der Waals surface area contributed by atoms with Crippen LogP contribution in [0.2, 0.25) is 0 Å². The van der Waals surface area contributed by atoms with Gasteiger partial charge in [-0.1, -0.05) is 63.3 Å². The van der Waals surface area contributed by atoms with E-state index in [0.717, 1.165) is 11.1 Å². The molecule has 236 valence electrons. The van der Waals surface area contributed by atoms with E-state index in [-0.39, 0.29) is 29.9 Å². The summed E-state index contributed by atoms with van der Waals surface area (Å²) >= 11 is 0. The van der Waals surface area contributed by atoms with Gasteiger partial charge in [0.05, 0.1) is 18.6 Å². The van der Waals surface area contributed by atoms with Crippen LogP contribution < -0.4 is 10.6 Å². The van der Waals surface area contributed by atoms with E-state index in [2.05, 4.69) is 10.6 Å². The first-order chi connectivity index (χ1) is 20.4. The Morgan fingerprint density at radius 1 is 1.12 bits per heavy atom. The smallest absolute Gasteiger partial charge is 0.328 e. The van der Waals surface area contributed by atoms with E-state index in [0.29, 0.717) is 31.4 Å². The Bertz CT molecular complexity index is 1200. The number of anilines is 1. The molecule has 0 aliphatic carbocycles. The van der Waals surface area contributed by atoms with Crippen molar-refractivity contribution in [1.82, 2.24) is 5.32 Å². The number of hydrogen-bond acceptors (Lipinski definition) is 7. The highest BCUT2D eigenvalue weighted by atomic mass is 16.5. The highest BCUT2D eigenvalue weighted by Crippen LogP contribution is 2.24. The number of phenolic OH excluding ortho intramolecular Hbond substituents is 1. The first kappa shape index (κ1) is 35.5. The molecule has 4 unspecified atom stereocenters. The third kappa shape index (κ3) is 13.0. The zero-order chi connectivity index (χ0) is 31.9. The molecule has 5 atom stereocenters. The summed E-state index contributed by atoms with van der Waals surface area (Å²) in [5.74, 6) is -1.26. The standard InChI is InChI=1S/C34H48N2O7/c1-22(2)17-31(38)35-25(5)34(41)43-30-16-11-9-7-8-10-15-29(42-6)21-32(39)36-27-18-26(19-28(37)20-27)14-12-13-23(3)33(40)24(30)4/h7-11,13,15,18-20,22,24-25,29-30,33,37,40H,12,14,16-17,21H2,1-6H3,(H,35,38)(H,36,39)/b8-7+,11-9+,15-10-,23-13+/t24?,25-,29?,30?,33?/m1/s1. The van der Waals surface area contributed by atoms with E-state index in [1.807, 2.05) is 52.0 Å². The van der Waals surface area contributed by atoms with Gasteiger partial charge in [0.25, 0.3) is 0 Å². The number of esters is 1. The average Bonchev–Trinajstić information content (AvgIpc) is 2.92. The number of carbonyl (C=O) groups is 3. The number of amides is 2. The molecule has 0 saturated heterocycles. The minimum Gasteiger partial charge on any atom is -0.508 e. The minimum absolute atomic E-state index is 0.0423. The second-order valence-corrected chi connectivity index (χ2v) is 11.5. The van der Waals surface area contributed by atoms with Gasteiger partial charge in [-0.2, -0.15) is 0 Å². The zero-order valence-corrected chi connectivity index (χ0v) is 26.2. The lowest BCUT2D eigenvalue weighted by Crippen LogP contribution is -2.43. The van der Waals surface area contributed by atoms with Crippen LogP contribution in [0.15, 0.2) is 66.3 Å². The van der Waals surface area contributed by atoms with Crippen molar-refractivity contribution in [3.8, 4) is 5.75 Å². The fraction of sp³-hybridized carbons (Fsp3) is 0.500. The second-order valence-electron chi connectivity index (χ2n) is 11.5. The van der Waals surface area contributed by atoms with Crippen molar-refractivity contribution in [2.75, 3.05) is 12.4 Å². The number of carbonyl (C=O) groups excluding carboxylic acids is 3.